The van der Waals surface area contributed by atoms with Crippen LogP contribution in [0.3, 0.4) is 0 Å². The van der Waals surface area contributed by atoms with E-state index in [4.69, 9.17) is 11.6 Å². The van der Waals surface area contributed by atoms with Crippen molar-refractivity contribution in [3.05, 3.63) is 70.8 Å². The molecule has 4 rings (SSSR count). The average Bonchev–Trinajstić information content (AvgIpc) is 3.01. The fourth-order valence-corrected chi connectivity index (χ4v) is 3.68. The molecule has 4 aromatic rings. The van der Waals surface area contributed by atoms with Gasteiger partial charge in [0.05, 0.1) is 5.39 Å². The number of thiophene rings is 1. The molecule has 25 heavy (non-hydrogen) atoms. The highest BCUT2D eigenvalue weighted by atomic mass is 35.5. The third-order valence-corrected chi connectivity index (χ3v) is 4.71. The Labute approximate surface area is 150 Å². The molecule has 0 aliphatic carbocycles. The fourth-order valence-electron chi connectivity index (χ4n) is 2.52. The molecule has 7 heteroatoms. The maximum atomic E-state index is 13.2. The van der Waals surface area contributed by atoms with Gasteiger partial charge >= 0.3 is 0 Å². The van der Waals surface area contributed by atoms with Crippen LogP contribution in [-0.4, -0.2) is 9.97 Å². The first kappa shape index (κ1) is 15.9. The van der Waals surface area contributed by atoms with Crippen molar-refractivity contribution in [2.75, 3.05) is 5.32 Å². The molecule has 0 saturated heterocycles. The molecular formula is C18H10ClF2N3S. The van der Waals surface area contributed by atoms with E-state index in [1.165, 1.54) is 35.6 Å². The van der Waals surface area contributed by atoms with Crippen LogP contribution in [0.2, 0.25) is 5.28 Å². The molecule has 2 heterocycles. The largest absolute Gasteiger partial charge is 0.340 e. The number of aromatic nitrogens is 2. The van der Waals surface area contributed by atoms with Crippen LogP contribution in [0.15, 0.2) is 53.9 Å². The maximum absolute atomic E-state index is 13.2. The Kier molecular flexibility index (Phi) is 4.07. The first-order valence-electron chi connectivity index (χ1n) is 7.33. The first-order valence-corrected chi connectivity index (χ1v) is 8.59. The van der Waals surface area contributed by atoms with Crippen LogP contribution in [0.5, 0.6) is 0 Å². The van der Waals surface area contributed by atoms with Crippen molar-refractivity contribution in [3.63, 3.8) is 0 Å². The van der Waals surface area contributed by atoms with Crippen LogP contribution in [0.25, 0.3) is 21.3 Å². The van der Waals surface area contributed by atoms with E-state index in [1.54, 1.807) is 24.3 Å². The van der Waals surface area contributed by atoms with Gasteiger partial charge < -0.3 is 5.32 Å². The van der Waals surface area contributed by atoms with Gasteiger partial charge in [-0.1, -0.05) is 12.1 Å². The lowest BCUT2D eigenvalue weighted by molar-refractivity contribution is 0.627. The maximum Gasteiger partial charge on any atom is 0.225 e. The monoisotopic (exact) mass is 373 g/mol. The lowest BCUT2D eigenvalue weighted by Gasteiger charge is -2.09. The summed E-state index contributed by atoms with van der Waals surface area (Å²) in [6.45, 7) is 0. The number of hydrogen-bond donors (Lipinski definition) is 1. The van der Waals surface area contributed by atoms with Gasteiger partial charge in [0.15, 0.2) is 0 Å². The van der Waals surface area contributed by atoms with Gasteiger partial charge in [0.2, 0.25) is 5.28 Å². The minimum atomic E-state index is -0.320. The second kappa shape index (κ2) is 6.38. The van der Waals surface area contributed by atoms with Crippen LogP contribution < -0.4 is 5.32 Å². The standard InChI is InChI=1S/C18H10ClF2N3S/c19-18-23-16(22-13-7-5-12(21)6-8-13)15-14(9-25-17(15)24-18)10-1-3-11(20)4-2-10/h1-9H,(H,22,23,24). The van der Waals surface area contributed by atoms with E-state index >= 15 is 0 Å². The molecule has 0 fully saturated rings. The molecule has 2 aromatic heterocycles. The summed E-state index contributed by atoms with van der Waals surface area (Å²) in [4.78, 5) is 9.24. The van der Waals surface area contributed by atoms with E-state index in [2.05, 4.69) is 15.3 Å². The Morgan fingerprint density at radius 2 is 1.52 bits per heavy atom. The summed E-state index contributed by atoms with van der Waals surface area (Å²) in [7, 11) is 0. The average molecular weight is 374 g/mol. The summed E-state index contributed by atoms with van der Waals surface area (Å²) >= 11 is 7.45. The molecule has 124 valence electrons. The number of fused-ring (bicyclic) bond motifs is 1. The Balaban J connectivity index is 1.86. The van der Waals surface area contributed by atoms with Crippen LogP contribution in [0.1, 0.15) is 0 Å². The lowest BCUT2D eigenvalue weighted by Crippen LogP contribution is -1.97. The predicted octanol–water partition coefficient (Wildman–Crippen LogP) is 6.03. The second-order valence-corrected chi connectivity index (χ2v) is 6.51. The molecule has 0 spiro atoms. The number of rotatable bonds is 3. The number of anilines is 2. The van der Waals surface area contributed by atoms with E-state index in [9.17, 15) is 8.78 Å². The van der Waals surface area contributed by atoms with Gasteiger partial charge in [-0.25, -0.2) is 13.8 Å². The van der Waals surface area contributed by atoms with Crippen LogP contribution >= 0.6 is 22.9 Å². The van der Waals surface area contributed by atoms with Gasteiger partial charge in [0.25, 0.3) is 0 Å². The zero-order valence-electron chi connectivity index (χ0n) is 12.6. The minimum Gasteiger partial charge on any atom is -0.340 e. The molecule has 0 unspecified atom stereocenters. The topological polar surface area (TPSA) is 37.8 Å². The zero-order valence-corrected chi connectivity index (χ0v) is 14.2. The normalized spacial score (nSPS) is 11.0. The Morgan fingerprint density at radius 3 is 2.20 bits per heavy atom. The number of halogens is 3. The minimum absolute atomic E-state index is 0.115. The summed E-state index contributed by atoms with van der Waals surface area (Å²) in [6, 6.07) is 12.2. The van der Waals surface area contributed by atoms with Crippen LogP contribution in [-0.2, 0) is 0 Å². The smallest absolute Gasteiger partial charge is 0.225 e. The molecule has 3 nitrogen and oxygen atoms in total. The summed E-state index contributed by atoms with van der Waals surface area (Å²) in [5.41, 5.74) is 2.40. The zero-order chi connectivity index (χ0) is 17.4. The molecule has 0 bridgehead atoms. The summed E-state index contributed by atoms with van der Waals surface area (Å²) in [5.74, 6) is -0.103. The van der Waals surface area contributed by atoms with Crippen molar-refractivity contribution >= 4 is 44.7 Å². The molecule has 0 saturated carbocycles. The Hall–Kier alpha value is -2.57. The van der Waals surface area contributed by atoms with Crippen molar-refractivity contribution in [2.45, 2.75) is 0 Å². The van der Waals surface area contributed by atoms with Crippen molar-refractivity contribution in [2.24, 2.45) is 0 Å². The predicted molar refractivity (Wildman–Crippen MR) is 97.5 cm³/mol. The number of benzene rings is 2. The summed E-state index contributed by atoms with van der Waals surface area (Å²) in [6.07, 6.45) is 0. The van der Waals surface area contributed by atoms with Crippen molar-refractivity contribution in [1.29, 1.82) is 0 Å². The Bertz CT molecular complexity index is 1050. The fraction of sp³-hybridized carbons (Fsp3) is 0. The lowest BCUT2D eigenvalue weighted by atomic mass is 10.1. The molecule has 0 aliphatic heterocycles. The van der Waals surface area contributed by atoms with Crippen molar-refractivity contribution in [3.8, 4) is 11.1 Å². The number of hydrogen-bond acceptors (Lipinski definition) is 4. The van der Waals surface area contributed by atoms with Crippen LogP contribution in [0.4, 0.5) is 20.3 Å². The van der Waals surface area contributed by atoms with Gasteiger partial charge in [-0.05, 0) is 53.6 Å². The van der Waals surface area contributed by atoms with E-state index in [0.29, 0.717) is 16.3 Å². The highest BCUT2D eigenvalue weighted by Crippen LogP contribution is 2.38. The SMILES string of the molecule is Fc1ccc(Nc2nc(Cl)nc3scc(-c4ccc(F)cc4)c23)cc1. The molecule has 0 atom stereocenters. The van der Waals surface area contributed by atoms with E-state index in [-0.39, 0.29) is 16.9 Å². The third-order valence-electron chi connectivity index (χ3n) is 3.67. The number of nitrogens with one attached hydrogen (secondary N) is 1. The van der Waals surface area contributed by atoms with Gasteiger partial charge in [-0.2, -0.15) is 4.98 Å². The molecule has 2 aromatic carbocycles. The van der Waals surface area contributed by atoms with Gasteiger partial charge in [0.1, 0.15) is 22.3 Å². The molecule has 0 radical (unpaired) electrons. The third kappa shape index (κ3) is 3.18. The van der Waals surface area contributed by atoms with Crippen molar-refractivity contribution in [1.82, 2.24) is 9.97 Å². The summed E-state index contributed by atoms with van der Waals surface area (Å²) < 4.78 is 26.3. The molecular weight excluding hydrogens is 364 g/mol. The van der Waals surface area contributed by atoms with E-state index < -0.39 is 0 Å². The van der Waals surface area contributed by atoms with Gasteiger partial charge in [-0.15, -0.1) is 11.3 Å². The molecule has 1 N–H and O–H groups in total. The van der Waals surface area contributed by atoms with E-state index in [0.717, 1.165) is 16.5 Å². The van der Waals surface area contributed by atoms with Gasteiger partial charge in [0, 0.05) is 16.6 Å². The highest BCUT2D eigenvalue weighted by molar-refractivity contribution is 7.17. The summed E-state index contributed by atoms with van der Waals surface area (Å²) in [5, 5.41) is 5.98. The second-order valence-electron chi connectivity index (χ2n) is 5.31. The highest BCUT2D eigenvalue weighted by Gasteiger charge is 2.15. The van der Waals surface area contributed by atoms with Gasteiger partial charge in [-0.3, -0.25) is 0 Å². The first-order chi connectivity index (χ1) is 12.1. The quantitative estimate of drug-likeness (QED) is 0.445. The molecule has 0 amide bonds. The number of nitrogens with zero attached hydrogens (tertiary/aromatic N) is 2. The Morgan fingerprint density at radius 1 is 0.880 bits per heavy atom. The van der Waals surface area contributed by atoms with Crippen molar-refractivity contribution < 1.29 is 8.78 Å². The van der Waals surface area contributed by atoms with Crippen LogP contribution in [0, 0.1) is 11.6 Å². The van der Waals surface area contributed by atoms with E-state index in [1.807, 2.05) is 5.38 Å². The molecule has 0 aliphatic rings.